The maximum atomic E-state index is 11.7. The molecule has 0 aromatic carbocycles. The maximum Gasteiger partial charge on any atom is 0.343 e. The number of aromatic nitrogens is 2. The van der Waals surface area contributed by atoms with E-state index >= 15 is 0 Å². The van der Waals surface area contributed by atoms with E-state index < -0.39 is 5.97 Å². The molecular weight excluding hydrogens is 252 g/mol. The van der Waals surface area contributed by atoms with E-state index in [9.17, 15) is 4.79 Å². The van der Waals surface area contributed by atoms with E-state index in [0.29, 0.717) is 11.8 Å². The first-order chi connectivity index (χ1) is 8.58. The van der Waals surface area contributed by atoms with Crippen LogP contribution in [0.15, 0.2) is 21.6 Å². The van der Waals surface area contributed by atoms with Gasteiger partial charge in [-0.15, -0.1) is 5.11 Å². The number of carbonyl (C=O) groups is 1. The van der Waals surface area contributed by atoms with Crippen molar-refractivity contribution in [2.24, 2.45) is 10.2 Å². The molecule has 0 aliphatic carbocycles. The third-order valence-electron chi connectivity index (χ3n) is 1.81. The van der Waals surface area contributed by atoms with Crippen molar-refractivity contribution < 1.29 is 9.53 Å². The molecule has 0 aliphatic heterocycles. The van der Waals surface area contributed by atoms with Crippen LogP contribution in [0, 0.1) is 0 Å². The molecule has 0 aliphatic rings. The highest BCUT2D eigenvalue weighted by Gasteiger charge is 2.15. The molecule has 98 valence electrons. The summed E-state index contributed by atoms with van der Waals surface area (Å²) in [6.07, 6.45) is 3.27. The summed E-state index contributed by atoms with van der Waals surface area (Å²) in [5, 5.41) is 8.51. The Morgan fingerprint density at radius 1 is 1.56 bits per heavy atom. The van der Waals surface area contributed by atoms with E-state index in [1.165, 1.54) is 18.0 Å². The first kappa shape index (κ1) is 14.6. The van der Waals surface area contributed by atoms with Gasteiger partial charge in [-0.05, 0) is 27.0 Å². The lowest BCUT2D eigenvalue weighted by molar-refractivity contribution is 0.0526. The highest BCUT2D eigenvalue weighted by atomic mass is 32.2. The lowest BCUT2D eigenvalue weighted by Gasteiger charge is -2.04. The molecule has 0 fully saturated rings. The highest BCUT2D eigenvalue weighted by molar-refractivity contribution is 7.98. The average Bonchev–Trinajstić information content (AvgIpc) is 2.36. The number of nitrogens with zero attached hydrogens (tertiary/aromatic N) is 4. The van der Waals surface area contributed by atoms with Crippen LogP contribution in [0.4, 0.5) is 5.82 Å². The summed E-state index contributed by atoms with van der Waals surface area (Å²) < 4.78 is 4.92. The van der Waals surface area contributed by atoms with Crippen molar-refractivity contribution >= 4 is 23.5 Å². The van der Waals surface area contributed by atoms with Crippen LogP contribution in [0.1, 0.15) is 31.1 Å². The van der Waals surface area contributed by atoms with Crippen LogP contribution in [0.3, 0.4) is 0 Å². The Hall–Kier alpha value is -1.50. The SMILES string of the molecule is CCOC(=O)c1cnc(SC)nc1/N=N/C(C)C. The zero-order chi connectivity index (χ0) is 13.5. The molecule has 7 heteroatoms. The zero-order valence-corrected chi connectivity index (χ0v) is 11.7. The first-order valence-electron chi connectivity index (χ1n) is 5.57. The smallest absolute Gasteiger partial charge is 0.343 e. The molecule has 0 radical (unpaired) electrons. The Bertz CT molecular complexity index is 449. The Labute approximate surface area is 110 Å². The molecule has 0 saturated heterocycles. The first-order valence-corrected chi connectivity index (χ1v) is 6.80. The Morgan fingerprint density at radius 3 is 2.83 bits per heavy atom. The van der Waals surface area contributed by atoms with Gasteiger partial charge in [-0.1, -0.05) is 11.8 Å². The molecule has 0 saturated carbocycles. The van der Waals surface area contributed by atoms with E-state index in [2.05, 4.69) is 20.2 Å². The molecule has 0 spiro atoms. The Balaban J connectivity index is 3.11. The molecule has 1 rings (SSSR count). The normalized spacial score (nSPS) is 11.2. The van der Waals surface area contributed by atoms with Crippen molar-refractivity contribution in [2.45, 2.75) is 32.0 Å². The average molecular weight is 268 g/mol. The topological polar surface area (TPSA) is 76.8 Å². The number of hydrogen-bond donors (Lipinski definition) is 0. The van der Waals surface area contributed by atoms with Gasteiger partial charge >= 0.3 is 5.97 Å². The number of rotatable bonds is 5. The van der Waals surface area contributed by atoms with Crippen LogP contribution in [-0.4, -0.2) is 34.8 Å². The van der Waals surface area contributed by atoms with Gasteiger partial charge in [-0.25, -0.2) is 14.8 Å². The molecule has 6 nitrogen and oxygen atoms in total. The fraction of sp³-hybridized carbons (Fsp3) is 0.545. The van der Waals surface area contributed by atoms with Crippen molar-refractivity contribution in [3.8, 4) is 0 Å². The van der Waals surface area contributed by atoms with Crippen LogP contribution < -0.4 is 0 Å². The van der Waals surface area contributed by atoms with Gasteiger partial charge < -0.3 is 4.74 Å². The van der Waals surface area contributed by atoms with Crippen molar-refractivity contribution in [3.63, 3.8) is 0 Å². The number of thioether (sulfide) groups is 1. The van der Waals surface area contributed by atoms with E-state index in [-0.39, 0.29) is 17.4 Å². The van der Waals surface area contributed by atoms with Gasteiger partial charge in [0.1, 0.15) is 5.56 Å². The summed E-state index contributed by atoms with van der Waals surface area (Å²) in [7, 11) is 0. The van der Waals surface area contributed by atoms with E-state index in [1.54, 1.807) is 6.92 Å². The van der Waals surface area contributed by atoms with E-state index in [4.69, 9.17) is 4.74 Å². The summed E-state index contributed by atoms with van der Waals surface area (Å²) >= 11 is 1.37. The number of hydrogen-bond acceptors (Lipinski definition) is 7. The molecular formula is C11H16N4O2S. The van der Waals surface area contributed by atoms with Crippen LogP contribution in [-0.2, 0) is 4.74 Å². The second-order valence-corrected chi connectivity index (χ2v) is 4.40. The van der Waals surface area contributed by atoms with Crippen LogP contribution in [0.2, 0.25) is 0 Å². The number of azo groups is 1. The van der Waals surface area contributed by atoms with Gasteiger partial charge in [-0.3, -0.25) is 0 Å². The quantitative estimate of drug-likeness (QED) is 0.355. The van der Waals surface area contributed by atoms with Gasteiger partial charge in [0.05, 0.1) is 12.6 Å². The summed E-state index contributed by atoms with van der Waals surface area (Å²) in [6, 6.07) is 0.0349. The standard InChI is InChI=1S/C11H16N4O2S/c1-5-17-10(16)8-6-12-11(18-4)13-9(8)15-14-7(2)3/h6-7H,5H2,1-4H3/b15-14+. The lowest BCUT2D eigenvalue weighted by atomic mass is 10.3. The molecule has 1 aromatic heterocycles. The molecule has 0 unspecified atom stereocenters. The molecule has 18 heavy (non-hydrogen) atoms. The van der Waals surface area contributed by atoms with Crippen molar-refractivity contribution in [1.82, 2.24) is 9.97 Å². The lowest BCUT2D eigenvalue weighted by Crippen LogP contribution is -2.07. The third-order valence-corrected chi connectivity index (χ3v) is 2.37. The monoisotopic (exact) mass is 268 g/mol. The second kappa shape index (κ2) is 7.05. The minimum Gasteiger partial charge on any atom is -0.462 e. The molecule has 0 N–H and O–H groups in total. The molecule has 1 aromatic rings. The molecule has 0 amide bonds. The van der Waals surface area contributed by atoms with Crippen molar-refractivity contribution in [2.75, 3.05) is 12.9 Å². The minimum atomic E-state index is -0.483. The number of ether oxygens (including phenoxy) is 1. The van der Waals surface area contributed by atoms with Gasteiger partial charge in [0.25, 0.3) is 0 Å². The van der Waals surface area contributed by atoms with Gasteiger partial charge in [0.2, 0.25) is 0 Å². The third kappa shape index (κ3) is 4.06. The van der Waals surface area contributed by atoms with Gasteiger partial charge in [-0.2, -0.15) is 5.11 Å². The summed E-state index contributed by atoms with van der Waals surface area (Å²) in [6.45, 7) is 5.82. The molecule has 0 atom stereocenters. The molecule has 1 heterocycles. The predicted octanol–water partition coefficient (Wildman–Crippen LogP) is 2.87. The van der Waals surface area contributed by atoms with Crippen molar-refractivity contribution in [3.05, 3.63) is 11.8 Å². The van der Waals surface area contributed by atoms with Crippen LogP contribution in [0.5, 0.6) is 0 Å². The summed E-state index contributed by atoms with van der Waals surface area (Å²) in [5.74, 6) is -0.232. The highest BCUT2D eigenvalue weighted by Crippen LogP contribution is 2.20. The van der Waals surface area contributed by atoms with Crippen LogP contribution in [0.25, 0.3) is 0 Å². The largest absolute Gasteiger partial charge is 0.462 e. The summed E-state index contributed by atoms with van der Waals surface area (Å²) in [5.41, 5.74) is 0.235. The predicted molar refractivity (Wildman–Crippen MR) is 69.4 cm³/mol. The summed E-state index contributed by atoms with van der Waals surface area (Å²) in [4.78, 5) is 19.9. The Morgan fingerprint density at radius 2 is 2.28 bits per heavy atom. The van der Waals surface area contributed by atoms with Gasteiger partial charge in [0.15, 0.2) is 11.0 Å². The Kier molecular flexibility index (Phi) is 5.70. The van der Waals surface area contributed by atoms with E-state index in [0.717, 1.165) is 0 Å². The molecule has 0 bridgehead atoms. The minimum absolute atomic E-state index is 0.0349. The number of esters is 1. The number of carbonyl (C=O) groups excluding carboxylic acids is 1. The second-order valence-electron chi connectivity index (χ2n) is 3.62. The fourth-order valence-corrected chi connectivity index (χ4v) is 1.39. The van der Waals surface area contributed by atoms with Crippen molar-refractivity contribution in [1.29, 1.82) is 0 Å². The van der Waals surface area contributed by atoms with E-state index in [1.807, 2.05) is 20.1 Å². The fourth-order valence-electron chi connectivity index (χ4n) is 1.05. The maximum absolute atomic E-state index is 11.7. The van der Waals surface area contributed by atoms with Gasteiger partial charge in [0, 0.05) is 6.20 Å². The van der Waals surface area contributed by atoms with Crippen LogP contribution >= 0.6 is 11.8 Å². The zero-order valence-electron chi connectivity index (χ0n) is 10.9.